The zero-order valence-corrected chi connectivity index (χ0v) is 20.5. The lowest BCUT2D eigenvalue weighted by Crippen LogP contribution is -2.44. The Bertz CT molecular complexity index is 409. The molecule has 7 nitrogen and oxygen atoms in total. The fraction of sp³-hybridized carbons (Fsp3) is 0.895. The van der Waals surface area contributed by atoms with Gasteiger partial charge in [-0.25, -0.2) is 0 Å². The van der Waals surface area contributed by atoms with Crippen LogP contribution in [0.4, 0.5) is 0 Å². The second kappa shape index (κ2) is 13.2. The van der Waals surface area contributed by atoms with Crippen LogP contribution in [0.15, 0.2) is 12.3 Å². The third-order valence-corrected chi connectivity index (χ3v) is 10.5. The van der Waals surface area contributed by atoms with Crippen molar-refractivity contribution in [3.05, 3.63) is 12.3 Å². The Morgan fingerprint density at radius 3 is 1.82 bits per heavy atom. The minimum absolute atomic E-state index is 0.558. The Morgan fingerprint density at radius 2 is 1.43 bits per heavy atom. The molecule has 1 aliphatic heterocycles. The predicted octanol–water partition coefficient (Wildman–Crippen LogP) is 3.58. The van der Waals surface area contributed by atoms with Crippen molar-refractivity contribution in [1.82, 2.24) is 0 Å². The Balaban J connectivity index is 0.000000295. The van der Waals surface area contributed by atoms with Crippen LogP contribution in [0.1, 0.15) is 46.5 Å². The lowest BCUT2D eigenvalue weighted by molar-refractivity contribution is 0.0843. The highest BCUT2D eigenvalue weighted by Gasteiger charge is 2.45. The summed E-state index contributed by atoms with van der Waals surface area (Å²) in [4.78, 5) is 0. The van der Waals surface area contributed by atoms with Gasteiger partial charge in [-0.3, -0.25) is 0 Å². The molecule has 2 rings (SSSR count). The van der Waals surface area contributed by atoms with Gasteiger partial charge in [0, 0.05) is 47.2 Å². The van der Waals surface area contributed by atoms with Gasteiger partial charge in [0.05, 0.1) is 12.2 Å². The molecule has 28 heavy (non-hydrogen) atoms. The Kier molecular flexibility index (Phi) is 12.3. The fourth-order valence-electron chi connectivity index (χ4n) is 3.59. The lowest BCUT2D eigenvalue weighted by atomic mass is 9.88. The van der Waals surface area contributed by atoms with Gasteiger partial charge in [0.15, 0.2) is 0 Å². The van der Waals surface area contributed by atoms with E-state index in [1.165, 1.54) is 19.3 Å². The minimum Gasteiger partial charge on any atom is -0.377 e. The second-order valence-corrected chi connectivity index (χ2v) is 12.4. The first-order chi connectivity index (χ1) is 13.5. The molecule has 0 N–H and O–H groups in total. The summed E-state index contributed by atoms with van der Waals surface area (Å²) in [6, 6.07) is 0.915. The molecule has 2 fully saturated rings. The van der Waals surface area contributed by atoms with E-state index in [1.54, 1.807) is 27.0 Å². The molecular formula is C19H40O7Si2. The van der Waals surface area contributed by atoms with Crippen LogP contribution in [-0.2, 0) is 31.3 Å². The number of rotatable bonds is 13. The fourth-order valence-corrected chi connectivity index (χ4v) is 7.28. The first kappa shape index (κ1) is 25.9. The summed E-state index contributed by atoms with van der Waals surface area (Å²) in [5.41, 5.74) is 1.67. The standard InChI is InChI=1S/C11H22O4Si.C8H18O3Si/c1-12-16(13-2,14-3)7-6-9-4-5-10-11(8-9)15-10;1-5-9-12(8-4,10-6-2)11-7-3/h9-11H,4-8H2,1-3H3;8H,4-7H2,1-3H3. The monoisotopic (exact) mass is 436 g/mol. The van der Waals surface area contributed by atoms with Crippen molar-refractivity contribution >= 4 is 17.6 Å². The van der Waals surface area contributed by atoms with Gasteiger partial charge < -0.3 is 31.3 Å². The smallest absolute Gasteiger partial charge is 0.377 e. The largest absolute Gasteiger partial charge is 0.528 e. The van der Waals surface area contributed by atoms with Crippen molar-refractivity contribution in [3.8, 4) is 0 Å². The van der Waals surface area contributed by atoms with Crippen molar-refractivity contribution in [1.29, 1.82) is 0 Å². The molecule has 3 atom stereocenters. The zero-order chi connectivity index (χ0) is 21.0. The molecule has 0 amide bonds. The highest BCUT2D eigenvalue weighted by molar-refractivity contribution is 6.66. The molecule has 0 aromatic heterocycles. The molecule has 1 aliphatic carbocycles. The first-order valence-electron chi connectivity index (χ1n) is 10.3. The van der Waals surface area contributed by atoms with Crippen LogP contribution in [0, 0.1) is 5.92 Å². The van der Waals surface area contributed by atoms with Gasteiger partial charge >= 0.3 is 17.6 Å². The van der Waals surface area contributed by atoms with E-state index in [4.69, 9.17) is 31.3 Å². The maximum atomic E-state index is 5.54. The summed E-state index contributed by atoms with van der Waals surface area (Å²) in [7, 11) is 0.186. The van der Waals surface area contributed by atoms with Gasteiger partial charge in [-0.2, -0.15) is 0 Å². The molecule has 0 aromatic carbocycles. The molecule has 166 valence electrons. The van der Waals surface area contributed by atoms with E-state index in [0.717, 1.165) is 18.4 Å². The van der Waals surface area contributed by atoms with Gasteiger partial charge in [0.25, 0.3) is 0 Å². The van der Waals surface area contributed by atoms with Crippen molar-refractivity contribution in [3.63, 3.8) is 0 Å². The minimum atomic E-state index is -2.51. The lowest BCUT2D eigenvalue weighted by Gasteiger charge is -2.27. The second-order valence-electron chi connectivity index (χ2n) is 6.83. The van der Waals surface area contributed by atoms with Crippen LogP contribution >= 0.6 is 0 Å². The SMILES string of the molecule is C=C[Si](OCC)(OCC)OCC.CO[Si](CCC1CCC2OC2C1)(OC)OC. The van der Waals surface area contributed by atoms with E-state index in [0.29, 0.717) is 32.0 Å². The van der Waals surface area contributed by atoms with E-state index in [-0.39, 0.29) is 0 Å². The Hall–Kier alpha value is -0.106. The summed E-state index contributed by atoms with van der Waals surface area (Å²) in [6.07, 6.45) is 6.01. The maximum Gasteiger partial charge on any atom is 0.528 e. The van der Waals surface area contributed by atoms with E-state index in [9.17, 15) is 0 Å². The molecule has 1 saturated heterocycles. The Labute approximate surface area is 173 Å². The topological polar surface area (TPSA) is 67.9 Å². The first-order valence-corrected chi connectivity index (χ1v) is 14.1. The normalized spacial score (nSPS) is 24.1. The van der Waals surface area contributed by atoms with Gasteiger partial charge in [-0.1, -0.05) is 6.58 Å². The van der Waals surface area contributed by atoms with Crippen molar-refractivity contribution in [2.24, 2.45) is 5.92 Å². The average Bonchev–Trinajstić information content (AvgIpc) is 3.49. The number of hydrogen-bond donors (Lipinski definition) is 0. The molecule has 1 saturated carbocycles. The molecule has 3 unspecified atom stereocenters. The number of ether oxygens (including phenoxy) is 1. The van der Waals surface area contributed by atoms with Gasteiger partial charge in [0.2, 0.25) is 0 Å². The molecule has 0 radical (unpaired) electrons. The van der Waals surface area contributed by atoms with E-state index >= 15 is 0 Å². The third kappa shape index (κ3) is 7.96. The van der Waals surface area contributed by atoms with Gasteiger partial charge in [-0.15, -0.1) is 0 Å². The molecule has 2 aliphatic rings. The van der Waals surface area contributed by atoms with E-state index in [2.05, 4.69) is 6.58 Å². The van der Waals surface area contributed by atoms with Gasteiger partial charge in [0.1, 0.15) is 0 Å². The summed E-state index contributed by atoms with van der Waals surface area (Å²) >= 11 is 0. The Morgan fingerprint density at radius 1 is 0.893 bits per heavy atom. The van der Waals surface area contributed by atoms with Crippen molar-refractivity contribution in [2.45, 2.75) is 64.7 Å². The van der Waals surface area contributed by atoms with Crippen LogP contribution in [-0.4, -0.2) is 71.0 Å². The van der Waals surface area contributed by atoms with Crippen LogP contribution in [0.5, 0.6) is 0 Å². The molecule has 9 heteroatoms. The molecule has 0 bridgehead atoms. The number of epoxide rings is 1. The quantitative estimate of drug-likeness (QED) is 0.323. The number of hydrogen-bond acceptors (Lipinski definition) is 7. The van der Waals surface area contributed by atoms with Crippen LogP contribution < -0.4 is 0 Å². The zero-order valence-electron chi connectivity index (χ0n) is 18.5. The molecule has 0 spiro atoms. The van der Waals surface area contributed by atoms with Crippen molar-refractivity contribution < 1.29 is 31.3 Å². The van der Waals surface area contributed by atoms with E-state index < -0.39 is 17.6 Å². The van der Waals surface area contributed by atoms with Crippen LogP contribution in [0.25, 0.3) is 0 Å². The van der Waals surface area contributed by atoms with Gasteiger partial charge in [-0.05, 0) is 58.1 Å². The maximum absolute atomic E-state index is 5.54. The van der Waals surface area contributed by atoms with E-state index in [1.807, 2.05) is 20.8 Å². The summed E-state index contributed by atoms with van der Waals surface area (Å²) < 4.78 is 38.1. The predicted molar refractivity (Wildman–Crippen MR) is 113 cm³/mol. The molecular weight excluding hydrogens is 396 g/mol. The highest BCUT2D eigenvalue weighted by Crippen LogP contribution is 2.41. The van der Waals surface area contributed by atoms with Crippen LogP contribution in [0.2, 0.25) is 6.04 Å². The van der Waals surface area contributed by atoms with Crippen molar-refractivity contribution in [2.75, 3.05) is 41.2 Å². The highest BCUT2D eigenvalue weighted by atomic mass is 28.4. The van der Waals surface area contributed by atoms with Crippen LogP contribution in [0.3, 0.4) is 0 Å². The third-order valence-electron chi connectivity index (χ3n) is 5.19. The summed E-state index contributed by atoms with van der Waals surface area (Å²) in [6.45, 7) is 11.2. The molecule has 0 aromatic rings. The number of fused-ring (bicyclic) bond motifs is 1. The average molecular weight is 437 g/mol. The molecule has 1 heterocycles. The summed E-state index contributed by atoms with van der Waals surface area (Å²) in [5.74, 6) is 0.760. The summed E-state index contributed by atoms with van der Waals surface area (Å²) in [5, 5.41) is 0.